The molecule has 0 aliphatic heterocycles. The summed E-state index contributed by atoms with van der Waals surface area (Å²) in [7, 11) is 0. The van der Waals surface area contributed by atoms with E-state index in [1.165, 1.54) is 23.1 Å². The number of hydrogen-bond acceptors (Lipinski definition) is 6. The van der Waals surface area contributed by atoms with Crippen LogP contribution in [0.25, 0.3) is 10.2 Å². The van der Waals surface area contributed by atoms with Crippen molar-refractivity contribution < 1.29 is 4.79 Å². The Labute approximate surface area is 158 Å². The summed E-state index contributed by atoms with van der Waals surface area (Å²) in [4.78, 5) is 33.8. The minimum Gasteiger partial charge on any atom is -0.292 e. The summed E-state index contributed by atoms with van der Waals surface area (Å²) in [6.07, 6.45) is 0. The Bertz CT molecular complexity index is 1010. The Morgan fingerprint density at radius 3 is 2.56 bits per heavy atom. The molecule has 0 aliphatic rings. The minimum atomic E-state index is -0.0104. The van der Waals surface area contributed by atoms with Crippen LogP contribution in [0.4, 0.5) is 0 Å². The average Bonchev–Trinajstić information content (AvgIpc) is 3.09. The van der Waals surface area contributed by atoms with E-state index < -0.39 is 0 Å². The highest BCUT2D eigenvalue weighted by atomic mass is 32.2. The Hall–Kier alpha value is -1.44. The normalized spacial score (nSPS) is 11.6. The van der Waals surface area contributed by atoms with E-state index in [1.807, 2.05) is 46.8 Å². The number of Topliss-reactive ketones (excluding diaryl/α,β-unsaturated/α-hetero) is 1. The first-order valence-electron chi connectivity index (χ1n) is 8.04. The van der Waals surface area contributed by atoms with E-state index in [1.54, 1.807) is 15.9 Å². The lowest BCUT2D eigenvalue weighted by molar-refractivity contribution is 0.102. The largest absolute Gasteiger partial charge is 0.292 e. The van der Waals surface area contributed by atoms with E-state index in [9.17, 15) is 9.59 Å². The van der Waals surface area contributed by atoms with Gasteiger partial charge in [-0.25, -0.2) is 4.98 Å². The van der Waals surface area contributed by atoms with Gasteiger partial charge in [-0.05, 0) is 52.3 Å². The molecule has 0 amide bonds. The van der Waals surface area contributed by atoms with Crippen molar-refractivity contribution in [3.05, 3.63) is 42.7 Å². The van der Waals surface area contributed by atoms with Crippen LogP contribution in [0.15, 0.2) is 22.1 Å². The zero-order valence-electron chi connectivity index (χ0n) is 14.9. The highest BCUT2D eigenvalue weighted by molar-refractivity contribution is 7.99. The lowest BCUT2D eigenvalue weighted by Crippen LogP contribution is -2.25. The third-order valence-corrected chi connectivity index (χ3v) is 7.16. The van der Waals surface area contributed by atoms with Crippen molar-refractivity contribution in [1.29, 1.82) is 0 Å². The topological polar surface area (TPSA) is 52.0 Å². The zero-order valence-corrected chi connectivity index (χ0v) is 17.3. The second-order valence-electron chi connectivity index (χ2n) is 6.25. The first-order chi connectivity index (χ1) is 11.8. The summed E-state index contributed by atoms with van der Waals surface area (Å²) in [5.41, 5.74) is 0.998. The third kappa shape index (κ3) is 3.45. The van der Waals surface area contributed by atoms with Crippen LogP contribution in [0.2, 0.25) is 0 Å². The summed E-state index contributed by atoms with van der Waals surface area (Å²) >= 11 is 4.39. The van der Waals surface area contributed by atoms with Crippen LogP contribution >= 0.6 is 34.4 Å². The highest BCUT2D eigenvalue weighted by Crippen LogP contribution is 2.30. The number of hydrogen-bond donors (Lipinski definition) is 0. The predicted octanol–water partition coefficient (Wildman–Crippen LogP) is 5.00. The van der Waals surface area contributed by atoms with Crippen molar-refractivity contribution in [1.82, 2.24) is 9.55 Å². The standard InChI is InChI=1S/C18H20N2O2S3/c1-9(2)20-17(22)15-11(4)12(5)25-16(15)19-18(20)23-8-13(21)14-7-6-10(3)24-14/h6-7,9H,8H2,1-5H3. The average molecular weight is 393 g/mol. The van der Waals surface area contributed by atoms with Crippen LogP contribution in [-0.2, 0) is 0 Å². The van der Waals surface area contributed by atoms with E-state index in [0.29, 0.717) is 10.5 Å². The fraction of sp³-hybridized carbons (Fsp3) is 0.389. The van der Waals surface area contributed by atoms with Crippen molar-refractivity contribution in [2.24, 2.45) is 0 Å². The van der Waals surface area contributed by atoms with Crippen molar-refractivity contribution >= 4 is 50.4 Å². The molecule has 0 spiro atoms. The molecule has 4 nitrogen and oxygen atoms in total. The Morgan fingerprint density at radius 2 is 1.96 bits per heavy atom. The lowest BCUT2D eigenvalue weighted by Gasteiger charge is -2.15. The molecule has 0 saturated heterocycles. The van der Waals surface area contributed by atoms with Crippen molar-refractivity contribution in [3.8, 4) is 0 Å². The number of aromatic nitrogens is 2. The zero-order chi connectivity index (χ0) is 18.3. The molecule has 25 heavy (non-hydrogen) atoms. The molecule has 0 radical (unpaired) electrons. The molecular weight excluding hydrogens is 372 g/mol. The molecule has 0 fully saturated rings. The molecular formula is C18H20N2O2S3. The Balaban J connectivity index is 1.99. The monoisotopic (exact) mass is 392 g/mol. The maximum atomic E-state index is 13.0. The van der Waals surface area contributed by atoms with E-state index >= 15 is 0 Å². The molecule has 3 aromatic rings. The fourth-order valence-corrected chi connectivity index (χ4v) is 5.61. The smallest absolute Gasteiger partial charge is 0.263 e. The van der Waals surface area contributed by atoms with Crippen LogP contribution in [0, 0.1) is 20.8 Å². The van der Waals surface area contributed by atoms with Gasteiger partial charge < -0.3 is 0 Å². The van der Waals surface area contributed by atoms with Crippen LogP contribution < -0.4 is 5.56 Å². The number of fused-ring (bicyclic) bond motifs is 1. The first kappa shape index (κ1) is 18.4. The molecule has 0 unspecified atom stereocenters. The summed E-state index contributed by atoms with van der Waals surface area (Å²) in [5.74, 6) is 0.361. The lowest BCUT2D eigenvalue weighted by atomic mass is 10.2. The van der Waals surface area contributed by atoms with Crippen LogP contribution in [0.5, 0.6) is 0 Å². The van der Waals surface area contributed by atoms with Crippen LogP contribution in [0.3, 0.4) is 0 Å². The minimum absolute atomic E-state index is 0.00871. The molecule has 0 atom stereocenters. The van der Waals surface area contributed by atoms with Gasteiger partial charge in [-0.2, -0.15) is 0 Å². The molecule has 0 saturated carbocycles. The number of aryl methyl sites for hydroxylation is 3. The van der Waals surface area contributed by atoms with Gasteiger partial charge in [-0.3, -0.25) is 14.2 Å². The number of thioether (sulfide) groups is 1. The third-order valence-electron chi connectivity index (χ3n) is 4.07. The fourth-order valence-electron chi connectivity index (χ4n) is 2.63. The van der Waals surface area contributed by atoms with Gasteiger partial charge in [0.1, 0.15) is 4.83 Å². The number of rotatable bonds is 5. The Kier molecular flexibility index (Phi) is 5.18. The summed E-state index contributed by atoms with van der Waals surface area (Å²) in [6, 6.07) is 3.81. The molecule has 132 valence electrons. The molecule has 3 aromatic heterocycles. The number of ketones is 1. The van der Waals surface area contributed by atoms with Gasteiger partial charge in [0.2, 0.25) is 0 Å². The molecule has 0 bridgehead atoms. The number of thiophene rings is 2. The molecule has 0 aromatic carbocycles. The molecule has 3 heterocycles. The number of carbonyl (C=O) groups is 1. The molecule has 7 heteroatoms. The number of carbonyl (C=O) groups excluding carboxylic acids is 1. The molecule has 0 N–H and O–H groups in total. The van der Waals surface area contributed by atoms with Gasteiger partial charge in [0.15, 0.2) is 10.9 Å². The molecule has 3 rings (SSSR count). The quantitative estimate of drug-likeness (QED) is 0.348. The van der Waals surface area contributed by atoms with Gasteiger partial charge in [0.05, 0.1) is 16.0 Å². The van der Waals surface area contributed by atoms with Gasteiger partial charge >= 0.3 is 0 Å². The van der Waals surface area contributed by atoms with Gasteiger partial charge in [0, 0.05) is 15.8 Å². The van der Waals surface area contributed by atoms with Crippen molar-refractivity contribution in [3.63, 3.8) is 0 Å². The first-order valence-corrected chi connectivity index (χ1v) is 10.7. The number of nitrogens with zero attached hydrogens (tertiary/aromatic N) is 2. The van der Waals surface area contributed by atoms with Gasteiger partial charge in [-0.1, -0.05) is 11.8 Å². The van der Waals surface area contributed by atoms with E-state index in [2.05, 4.69) is 0 Å². The predicted molar refractivity (Wildman–Crippen MR) is 108 cm³/mol. The summed E-state index contributed by atoms with van der Waals surface area (Å²) < 4.78 is 1.71. The summed E-state index contributed by atoms with van der Waals surface area (Å²) in [6.45, 7) is 9.91. The Morgan fingerprint density at radius 1 is 1.24 bits per heavy atom. The van der Waals surface area contributed by atoms with E-state index in [0.717, 1.165) is 25.0 Å². The highest BCUT2D eigenvalue weighted by Gasteiger charge is 2.19. The van der Waals surface area contributed by atoms with Crippen molar-refractivity contribution in [2.45, 2.75) is 45.8 Å². The van der Waals surface area contributed by atoms with E-state index in [4.69, 9.17) is 4.98 Å². The maximum absolute atomic E-state index is 13.0. The van der Waals surface area contributed by atoms with Crippen molar-refractivity contribution in [2.75, 3.05) is 5.75 Å². The van der Waals surface area contributed by atoms with Crippen LogP contribution in [-0.4, -0.2) is 21.1 Å². The van der Waals surface area contributed by atoms with Gasteiger partial charge in [0.25, 0.3) is 5.56 Å². The molecule has 0 aliphatic carbocycles. The SMILES string of the molecule is Cc1ccc(C(=O)CSc2nc3sc(C)c(C)c3c(=O)n2C(C)C)s1. The maximum Gasteiger partial charge on any atom is 0.263 e. The second-order valence-corrected chi connectivity index (χ2v) is 9.68. The van der Waals surface area contributed by atoms with E-state index in [-0.39, 0.29) is 23.1 Å². The van der Waals surface area contributed by atoms with Gasteiger partial charge in [-0.15, -0.1) is 22.7 Å². The summed E-state index contributed by atoms with van der Waals surface area (Å²) in [5, 5.41) is 1.33. The van der Waals surface area contributed by atoms with Crippen LogP contribution in [0.1, 0.15) is 44.9 Å². The second kappa shape index (κ2) is 7.05.